The predicted molar refractivity (Wildman–Crippen MR) is 128 cm³/mol. The summed E-state index contributed by atoms with van der Waals surface area (Å²) < 4.78 is 13.2. The first-order valence-electron chi connectivity index (χ1n) is 11.5. The number of halogens is 1. The molecule has 0 aromatic heterocycles. The van der Waals surface area contributed by atoms with Gasteiger partial charge in [0.2, 0.25) is 5.91 Å². The zero-order valence-electron chi connectivity index (χ0n) is 19.0. The first-order valence-corrected chi connectivity index (χ1v) is 11.5. The van der Waals surface area contributed by atoms with Crippen molar-refractivity contribution < 1.29 is 18.8 Å². The molecule has 4 rings (SSSR count). The second kappa shape index (κ2) is 10.9. The predicted octanol–water partition coefficient (Wildman–Crippen LogP) is 4.36. The van der Waals surface area contributed by atoms with Gasteiger partial charge in [-0.25, -0.2) is 4.39 Å². The minimum atomic E-state index is -0.423. The molecule has 6 heteroatoms. The summed E-state index contributed by atoms with van der Waals surface area (Å²) in [5.74, 6) is -0.873. The van der Waals surface area contributed by atoms with Crippen molar-refractivity contribution in [3.63, 3.8) is 0 Å². The second-order valence-electron chi connectivity index (χ2n) is 8.39. The van der Waals surface area contributed by atoms with Crippen LogP contribution in [0.25, 0.3) is 0 Å². The molecule has 0 radical (unpaired) electrons. The van der Waals surface area contributed by atoms with Crippen LogP contribution in [0.3, 0.4) is 0 Å². The Morgan fingerprint density at radius 1 is 0.706 bits per heavy atom. The molecule has 34 heavy (non-hydrogen) atoms. The van der Waals surface area contributed by atoms with E-state index in [-0.39, 0.29) is 17.6 Å². The van der Waals surface area contributed by atoms with Crippen molar-refractivity contribution in [1.82, 2.24) is 9.80 Å². The van der Waals surface area contributed by atoms with Gasteiger partial charge < -0.3 is 9.80 Å². The number of carbonyl (C=O) groups is 3. The molecule has 0 atom stereocenters. The van der Waals surface area contributed by atoms with Crippen LogP contribution in [0.4, 0.5) is 4.39 Å². The Bertz CT molecular complexity index is 1150. The molecule has 0 spiro atoms. The summed E-state index contributed by atoms with van der Waals surface area (Å²) in [6.07, 6.45) is 2.14. The molecule has 1 heterocycles. The smallest absolute Gasteiger partial charge is 0.254 e. The molecule has 1 aliphatic rings. The topological polar surface area (TPSA) is 57.7 Å². The third-order valence-corrected chi connectivity index (χ3v) is 6.13. The number of hydrogen-bond acceptors (Lipinski definition) is 3. The molecule has 5 nitrogen and oxygen atoms in total. The Hall–Kier alpha value is -3.80. The lowest BCUT2D eigenvalue weighted by molar-refractivity contribution is -0.132. The highest BCUT2D eigenvalue weighted by Crippen LogP contribution is 2.19. The molecule has 0 unspecified atom stereocenters. The normalized spacial score (nSPS) is 13.6. The van der Waals surface area contributed by atoms with Crippen LogP contribution in [-0.4, -0.2) is 53.6 Å². The molecule has 0 aliphatic carbocycles. The van der Waals surface area contributed by atoms with Gasteiger partial charge in [0.05, 0.1) is 5.56 Å². The SMILES string of the molecule is O=C(c1ccc(F)cc1)c1ccccc1C(=O)N1CCN(C(=O)CCCc2ccccc2)CC1. The molecule has 2 amide bonds. The quantitative estimate of drug-likeness (QED) is 0.494. The third-order valence-electron chi connectivity index (χ3n) is 6.13. The molecule has 0 N–H and O–H groups in total. The monoisotopic (exact) mass is 458 g/mol. The summed E-state index contributed by atoms with van der Waals surface area (Å²) in [5, 5.41) is 0. The third kappa shape index (κ3) is 5.57. The van der Waals surface area contributed by atoms with E-state index in [1.165, 1.54) is 29.8 Å². The maximum atomic E-state index is 13.2. The minimum Gasteiger partial charge on any atom is -0.339 e. The Kier molecular flexibility index (Phi) is 7.48. The van der Waals surface area contributed by atoms with Crippen molar-refractivity contribution in [2.75, 3.05) is 26.2 Å². The summed E-state index contributed by atoms with van der Waals surface area (Å²) in [6.45, 7) is 1.79. The molecule has 0 bridgehead atoms. The number of piperazine rings is 1. The fraction of sp³-hybridized carbons (Fsp3) is 0.250. The van der Waals surface area contributed by atoms with E-state index in [9.17, 15) is 18.8 Å². The van der Waals surface area contributed by atoms with Crippen LogP contribution in [0.1, 0.15) is 44.7 Å². The number of benzene rings is 3. The summed E-state index contributed by atoms with van der Waals surface area (Å²) in [6, 6.07) is 22.1. The molecule has 0 saturated carbocycles. The van der Waals surface area contributed by atoms with Crippen LogP contribution >= 0.6 is 0 Å². The van der Waals surface area contributed by atoms with Gasteiger partial charge in [0.25, 0.3) is 5.91 Å². The molecule has 1 fully saturated rings. The van der Waals surface area contributed by atoms with Crippen LogP contribution in [0.2, 0.25) is 0 Å². The zero-order chi connectivity index (χ0) is 23.9. The highest BCUT2D eigenvalue weighted by molar-refractivity contribution is 6.15. The lowest BCUT2D eigenvalue weighted by atomic mass is 9.97. The standard InChI is InChI=1S/C28H27FN2O3/c29-23-15-13-22(14-16-23)27(33)24-10-4-5-11-25(24)28(34)31-19-17-30(18-20-31)26(32)12-6-9-21-7-2-1-3-8-21/h1-5,7-8,10-11,13-16H,6,9,12,17-20H2. The van der Waals surface area contributed by atoms with E-state index >= 15 is 0 Å². The van der Waals surface area contributed by atoms with E-state index < -0.39 is 5.82 Å². The Morgan fingerprint density at radius 3 is 1.97 bits per heavy atom. The number of hydrogen-bond donors (Lipinski definition) is 0. The zero-order valence-corrected chi connectivity index (χ0v) is 19.0. The van der Waals surface area contributed by atoms with E-state index in [1.54, 1.807) is 29.2 Å². The van der Waals surface area contributed by atoms with Crippen molar-refractivity contribution in [1.29, 1.82) is 0 Å². The number of amides is 2. The molecule has 3 aromatic rings. The highest BCUT2D eigenvalue weighted by atomic mass is 19.1. The summed E-state index contributed by atoms with van der Waals surface area (Å²) in [7, 11) is 0. The summed E-state index contributed by atoms with van der Waals surface area (Å²) in [5.41, 5.74) is 2.16. The molecule has 174 valence electrons. The number of rotatable bonds is 7. The number of aryl methyl sites for hydroxylation is 1. The van der Waals surface area contributed by atoms with Crippen LogP contribution < -0.4 is 0 Å². The van der Waals surface area contributed by atoms with E-state index in [0.29, 0.717) is 49.3 Å². The molecule has 1 saturated heterocycles. The van der Waals surface area contributed by atoms with Crippen molar-refractivity contribution in [2.45, 2.75) is 19.3 Å². The lowest BCUT2D eigenvalue weighted by Crippen LogP contribution is -2.50. The van der Waals surface area contributed by atoms with Gasteiger partial charge in [0, 0.05) is 43.7 Å². The summed E-state index contributed by atoms with van der Waals surface area (Å²) in [4.78, 5) is 42.3. The van der Waals surface area contributed by atoms with E-state index in [4.69, 9.17) is 0 Å². The van der Waals surface area contributed by atoms with Gasteiger partial charge in [-0.3, -0.25) is 14.4 Å². The molecular formula is C28H27FN2O3. The van der Waals surface area contributed by atoms with Gasteiger partial charge in [-0.2, -0.15) is 0 Å². The maximum absolute atomic E-state index is 13.2. The summed E-state index contributed by atoms with van der Waals surface area (Å²) >= 11 is 0. The van der Waals surface area contributed by atoms with Crippen molar-refractivity contribution in [2.24, 2.45) is 0 Å². The van der Waals surface area contributed by atoms with Crippen molar-refractivity contribution in [3.05, 3.63) is 107 Å². The fourth-order valence-electron chi connectivity index (χ4n) is 4.20. The molecule has 3 aromatic carbocycles. The average molecular weight is 459 g/mol. The fourth-order valence-corrected chi connectivity index (χ4v) is 4.20. The van der Waals surface area contributed by atoms with Crippen LogP contribution in [0, 0.1) is 5.82 Å². The largest absolute Gasteiger partial charge is 0.339 e. The van der Waals surface area contributed by atoms with Crippen LogP contribution in [-0.2, 0) is 11.2 Å². The van der Waals surface area contributed by atoms with Gasteiger partial charge in [-0.05, 0) is 48.7 Å². The number of carbonyl (C=O) groups excluding carboxylic acids is 3. The van der Waals surface area contributed by atoms with Crippen molar-refractivity contribution >= 4 is 17.6 Å². The number of ketones is 1. The van der Waals surface area contributed by atoms with Gasteiger partial charge in [0.1, 0.15) is 5.82 Å². The van der Waals surface area contributed by atoms with Gasteiger partial charge >= 0.3 is 0 Å². The van der Waals surface area contributed by atoms with E-state index in [1.807, 2.05) is 23.1 Å². The molecule has 1 aliphatic heterocycles. The second-order valence-corrected chi connectivity index (χ2v) is 8.39. The van der Waals surface area contributed by atoms with E-state index in [0.717, 1.165) is 12.8 Å². The molecular weight excluding hydrogens is 431 g/mol. The number of nitrogens with zero attached hydrogens (tertiary/aromatic N) is 2. The average Bonchev–Trinajstić information content (AvgIpc) is 2.89. The first-order chi connectivity index (χ1) is 16.5. The Labute approximate surface area is 198 Å². The van der Waals surface area contributed by atoms with Gasteiger partial charge in [-0.1, -0.05) is 48.5 Å². The van der Waals surface area contributed by atoms with Crippen LogP contribution in [0.15, 0.2) is 78.9 Å². The van der Waals surface area contributed by atoms with Crippen molar-refractivity contribution in [3.8, 4) is 0 Å². The first kappa shape index (κ1) is 23.4. The Balaban J connectivity index is 1.34. The van der Waals surface area contributed by atoms with E-state index in [2.05, 4.69) is 12.1 Å². The van der Waals surface area contributed by atoms with Crippen LogP contribution in [0.5, 0.6) is 0 Å². The maximum Gasteiger partial charge on any atom is 0.254 e. The minimum absolute atomic E-state index is 0.106. The Morgan fingerprint density at radius 2 is 1.29 bits per heavy atom. The van der Waals surface area contributed by atoms with Gasteiger partial charge in [-0.15, -0.1) is 0 Å². The lowest BCUT2D eigenvalue weighted by Gasteiger charge is -2.35. The highest BCUT2D eigenvalue weighted by Gasteiger charge is 2.27. The van der Waals surface area contributed by atoms with Gasteiger partial charge in [0.15, 0.2) is 5.78 Å².